The first-order chi connectivity index (χ1) is 8.26. The molecule has 1 aromatic rings. The molecule has 1 aromatic carbocycles. The fraction of sp³-hybridized carbons (Fsp3) is 0.417. The Morgan fingerprint density at radius 3 is 2.71 bits per heavy atom. The van der Waals surface area contributed by atoms with Crippen molar-refractivity contribution in [1.82, 2.24) is 10.6 Å². The van der Waals surface area contributed by atoms with Gasteiger partial charge in [0.25, 0.3) is 0 Å². The number of urea groups is 1. The molecule has 4 N–H and O–H groups in total. The lowest BCUT2D eigenvalue weighted by molar-refractivity contribution is 0.167. The highest BCUT2D eigenvalue weighted by atomic mass is 16.5. The molecule has 0 spiro atoms. The van der Waals surface area contributed by atoms with E-state index in [4.69, 9.17) is 10.5 Å². The van der Waals surface area contributed by atoms with E-state index in [9.17, 15) is 4.79 Å². The molecule has 5 heteroatoms. The second-order valence-electron chi connectivity index (χ2n) is 3.70. The Kier molecular flexibility index (Phi) is 6.06. The Morgan fingerprint density at radius 1 is 1.41 bits per heavy atom. The van der Waals surface area contributed by atoms with Crippen LogP contribution in [0.15, 0.2) is 30.3 Å². The third kappa shape index (κ3) is 5.33. The van der Waals surface area contributed by atoms with Crippen LogP contribution in [0.1, 0.15) is 5.56 Å². The van der Waals surface area contributed by atoms with Crippen LogP contribution in [0.4, 0.5) is 4.79 Å². The van der Waals surface area contributed by atoms with Gasteiger partial charge in [0.2, 0.25) is 0 Å². The maximum atomic E-state index is 11.5. The Bertz CT molecular complexity index is 330. The molecule has 1 atom stereocenters. The van der Waals surface area contributed by atoms with Crippen LogP contribution in [-0.2, 0) is 11.3 Å². The first-order valence-corrected chi connectivity index (χ1v) is 5.53. The molecular weight excluding hydrogens is 218 g/mol. The molecule has 0 aliphatic heterocycles. The number of hydrogen-bond donors (Lipinski definition) is 3. The summed E-state index contributed by atoms with van der Waals surface area (Å²) in [6.07, 6.45) is 0. The minimum atomic E-state index is -0.235. The van der Waals surface area contributed by atoms with Gasteiger partial charge in [0.15, 0.2) is 0 Å². The van der Waals surface area contributed by atoms with Crippen LogP contribution < -0.4 is 16.4 Å². The lowest BCUT2D eigenvalue weighted by Crippen LogP contribution is -2.47. The summed E-state index contributed by atoms with van der Waals surface area (Å²) in [6.45, 7) is 1.26. The van der Waals surface area contributed by atoms with Crippen LogP contribution in [0.5, 0.6) is 0 Å². The van der Waals surface area contributed by atoms with E-state index in [1.807, 2.05) is 30.3 Å². The van der Waals surface area contributed by atoms with Gasteiger partial charge in [-0.3, -0.25) is 0 Å². The first-order valence-electron chi connectivity index (χ1n) is 5.53. The van der Waals surface area contributed by atoms with E-state index in [0.717, 1.165) is 5.56 Å². The molecule has 0 aliphatic carbocycles. The highest BCUT2D eigenvalue weighted by molar-refractivity contribution is 5.74. The number of methoxy groups -OCH3 is 1. The second-order valence-corrected chi connectivity index (χ2v) is 3.70. The monoisotopic (exact) mass is 237 g/mol. The molecule has 0 saturated carbocycles. The van der Waals surface area contributed by atoms with Gasteiger partial charge in [0.05, 0.1) is 12.6 Å². The third-order valence-corrected chi connectivity index (χ3v) is 2.28. The Hall–Kier alpha value is -1.59. The quantitative estimate of drug-likeness (QED) is 0.672. The molecule has 0 aliphatic rings. The number of amides is 2. The van der Waals surface area contributed by atoms with Crippen molar-refractivity contribution in [2.45, 2.75) is 12.6 Å². The zero-order valence-corrected chi connectivity index (χ0v) is 9.98. The molecule has 0 heterocycles. The number of benzene rings is 1. The zero-order chi connectivity index (χ0) is 12.5. The predicted molar refractivity (Wildman–Crippen MR) is 66.5 cm³/mol. The summed E-state index contributed by atoms with van der Waals surface area (Å²) in [6, 6.07) is 9.32. The van der Waals surface area contributed by atoms with Crippen LogP contribution >= 0.6 is 0 Å². The molecule has 0 radical (unpaired) electrons. The van der Waals surface area contributed by atoms with Gasteiger partial charge < -0.3 is 21.1 Å². The molecule has 0 fully saturated rings. The molecule has 0 saturated heterocycles. The SMILES string of the molecule is COCC(CN)NC(=O)NCc1ccccc1. The van der Waals surface area contributed by atoms with E-state index < -0.39 is 0 Å². The highest BCUT2D eigenvalue weighted by Crippen LogP contribution is 1.96. The van der Waals surface area contributed by atoms with Gasteiger partial charge in [0.1, 0.15) is 0 Å². The molecule has 2 amide bonds. The van der Waals surface area contributed by atoms with E-state index in [1.165, 1.54) is 0 Å². The lowest BCUT2D eigenvalue weighted by Gasteiger charge is -2.16. The van der Waals surface area contributed by atoms with Crippen molar-refractivity contribution in [2.24, 2.45) is 5.73 Å². The van der Waals surface area contributed by atoms with Gasteiger partial charge in [0, 0.05) is 20.2 Å². The van der Waals surface area contributed by atoms with E-state index >= 15 is 0 Å². The van der Waals surface area contributed by atoms with E-state index in [1.54, 1.807) is 7.11 Å². The second kappa shape index (κ2) is 7.65. The van der Waals surface area contributed by atoms with Crippen LogP contribution in [0.25, 0.3) is 0 Å². The normalized spacial score (nSPS) is 11.9. The molecule has 1 rings (SSSR count). The van der Waals surface area contributed by atoms with Crippen LogP contribution in [0.3, 0.4) is 0 Å². The summed E-state index contributed by atoms with van der Waals surface area (Å²) < 4.78 is 4.94. The van der Waals surface area contributed by atoms with Crippen molar-refractivity contribution < 1.29 is 9.53 Å². The van der Waals surface area contributed by atoms with E-state index in [-0.39, 0.29) is 12.1 Å². The number of hydrogen-bond acceptors (Lipinski definition) is 3. The average Bonchev–Trinajstić information content (AvgIpc) is 2.37. The summed E-state index contributed by atoms with van der Waals surface area (Å²) in [4.78, 5) is 11.5. The largest absolute Gasteiger partial charge is 0.383 e. The summed E-state index contributed by atoms with van der Waals surface area (Å²) >= 11 is 0. The van der Waals surface area contributed by atoms with Gasteiger partial charge in [-0.2, -0.15) is 0 Å². The molecular formula is C12H19N3O2. The minimum Gasteiger partial charge on any atom is -0.383 e. The first kappa shape index (κ1) is 13.5. The summed E-state index contributed by atoms with van der Waals surface area (Å²) in [5.74, 6) is 0. The molecule has 94 valence electrons. The fourth-order valence-electron chi connectivity index (χ4n) is 1.38. The molecule has 5 nitrogen and oxygen atoms in total. The summed E-state index contributed by atoms with van der Waals surface area (Å²) in [7, 11) is 1.58. The lowest BCUT2D eigenvalue weighted by atomic mass is 10.2. The van der Waals surface area contributed by atoms with Crippen molar-refractivity contribution in [3.05, 3.63) is 35.9 Å². The third-order valence-electron chi connectivity index (χ3n) is 2.28. The summed E-state index contributed by atoms with van der Waals surface area (Å²) in [5.41, 5.74) is 6.55. The van der Waals surface area contributed by atoms with Crippen LogP contribution in [-0.4, -0.2) is 32.3 Å². The Labute approximate surface area is 101 Å². The van der Waals surface area contributed by atoms with Gasteiger partial charge in [-0.15, -0.1) is 0 Å². The topological polar surface area (TPSA) is 76.4 Å². The maximum Gasteiger partial charge on any atom is 0.315 e. The van der Waals surface area contributed by atoms with Gasteiger partial charge >= 0.3 is 6.03 Å². The van der Waals surface area contributed by atoms with Crippen molar-refractivity contribution in [3.63, 3.8) is 0 Å². The average molecular weight is 237 g/mol. The van der Waals surface area contributed by atoms with E-state index in [0.29, 0.717) is 19.7 Å². The Balaban J connectivity index is 2.30. The minimum absolute atomic E-state index is 0.157. The molecule has 0 bridgehead atoms. The highest BCUT2D eigenvalue weighted by Gasteiger charge is 2.09. The van der Waals surface area contributed by atoms with Gasteiger partial charge in [-0.1, -0.05) is 30.3 Å². The van der Waals surface area contributed by atoms with Gasteiger partial charge in [-0.05, 0) is 5.56 Å². The number of ether oxygens (including phenoxy) is 1. The molecule has 1 unspecified atom stereocenters. The Morgan fingerprint density at radius 2 is 2.12 bits per heavy atom. The van der Waals surface area contributed by atoms with Crippen molar-refractivity contribution in [2.75, 3.05) is 20.3 Å². The maximum absolute atomic E-state index is 11.5. The van der Waals surface area contributed by atoms with Gasteiger partial charge in [-0.25, -0.2) is 4.79 Å². The zero-order valence-electron chi connectivity index (χ0n) is 9.98. The number of nitrogens with two attached hydrogens (primary N) is 1. The molecule has 0 aromatic heterocycles. The van der Waals surface area contributed by atoms with Crippen LogP contribution in [0, 0.1) is 0 Å². The molecule has 17 heavy (non-hydrogen) atoms. The smallest absolute Gasteiger partial charge is 0.315 e. The van der Waals surface area contributed by atoms with Crippen molar-refractivity contribution in [3.8, 4) is 0 Å². The van der Waals surface area contributed by atoms with E-state index in [2.05, 4.69) is 10.6 Å². The fourth-order valence-corrected chi connectivity index (χ4v) is 1.38. The number of carbonyl (C=O) groups is 1. The van der Waals surface area contributed by atoms with Crippen LogP contribution in [0.2, 0.25) is 0 Å². The number of rotatable bonds is 6. The summed E-state index contributed by atoms with van der Waals surface area (Å²) in [5, 5.41) is 5.50. The number of nitrogens with one attached hydrogen (secondary N) is 2. The van der Waals surface area contributed by atoms with Crippen molar-refractivity contribution >= 4 is 6.03 Å². The van der Waals surface area contributed by atoms with Crippen molar-refractivity contribution in [1.29, 1.82) is 0 Å². The standard InChI is InChI=1S/C12H19N3O2/c1-17-9-11(7-13)15-12(16)14-8-10-5-3-2-4-6-10/h2-6,11H,7-9,13H2,1H3,(H2,14,15,16). The predicted octanol–water partition coefficient (Wildman–Crippen LogP) is 0.460. The number of carbonyl (C=O) groups excluding carboxylic acids is 1.